The minimum absolute atomic E-state index is 0.125. The largest absolute Gasteiger partial charge is 0.486 e. The first-order chi connectivity index (χ1) is 7.79. The van der Waals surface area contributed by atoms with Crippen LogP contribution in [0.1, 0.15) is 13.3 Å². The van der Waals surface area contributed by atoms with Crippen molar-refractivity contribution < 1.29 is 9.47 Å². The second-order valence-corrected chi connectivity index (χ2v) is 4.19. The minimum Gasteiger partial charge on any atom is -0.486 e. The summed E-state index contributed by atoms with van der Waals surface area (Å²) in [5, 5.41) is 0. The van der Waals surface area contributed by atoms with Gasteiger partial charge in [-0.1, -0.05) is 13.0 Å². The molecule has 3 heteroatoms. The third-order valence-corrected chi connectivity index (χ3v) is 2.63. The molecule has 0 N–H and O–H groups in total. The topological polar surface area (TPSA) is 21.7 Å². The highest BCUT2D eigenvalue weighted by atomic mass is 16.6. The molecule has 2 rings (SSSR count). The van der Waals surface area contributed by atoms with E-state index in [0.717, 1.165) is 31.0 Å². The highest BCUT2D eigenvalue weighted by Crippen LogP contribution is 2.30. The van der Waals surface area contributed by atoms with Crippen LogP contribution in [0.25, 0.3) is 0 Å². The van der Waals surface area contributed by atoms with Gasteiger partial charge >= 0.3 is 0 Å². The van der Waals surface area contributed by atoms with Gasteiger partial charge in [0.15, 0.2) is 11.5 Å². The van der Waals surface area contributed by atoms with Gasteiger partial charge in [-0.05, 0) is 38.2 Å². The lowest BCUT2D eigenvalue weighted by atomic mass is 10.2. The summed E-state index contributed by atoms with van der Waals surface area (Å²) in [6, 6.07) is 8.56. The van der Waals surface area contributed by atoms with Crippen molar-refractivity contribution in [3.63, 3.8) is 0 Å². The molecule has 0 fully saturated rings. The van der Waals surface area contributed by atoms with Gasteiger partial charge in [-0.2, -0.15) is 0 Å². The van der Waals surface area contributed by atoms with Crippen molar-refractivity contribution in [3.8, 4) is 11.5 Å². The molecule has 3 nitrogen and oxygen atoms in total. The normalized spacial score (nSPS) is 18.8. The molecular weight excluding hydrogens is 202 g/mol. The quantitative estimate of drug-likeness (QED) is 0.774. The van der Waals surface area contributed by atoms with E-state index in [-0.39, 0.29) is 6.10 Å². The van der Waals surface area contributed by atoms with Crippen LogP contribution in [-0.4, -0.2) is 37.7 Å². The van der Waals surface area contributed by atoms with Gasteiger partial charge in [-0.3, -0.25) is 0 Å². The minimum atomic E-state index is 0.125. The van der Waals surface area contributed by atoms with E-state index >= 15 is 0 Å². The Morgan fingerprint density at radius 2 is 2.38 bits per heavy atom. The molecule has 1 heterocycles. The first-order valence-electron chi connectivity index (χ1n) is 5.77. The predicted molar refractivity (Wildman–Crippen MR) is 63.0 cm³/mol. The fraction of sp³-hybridized carbons (Fsp3) is 0.538. The molecule has 0 saturated heterocycles. The van der Waals surface area contributed by atoms with Crippen LogP contribution in [0.3, 0.4) is 0 Å². The van der Waals surface area contributed by atoms with Crippen molar-refractivity contribution >= 4 is 0 Å². The number of rotatable bonds is 4. The lowest BCUT2D eigenvalue weighted by Gasteiger charge is -2.29. The SMILES string of the molecule is CCCN(C)CC1COc2cc[c]cc2O1. The van der Waals surface area contributed by atoms with Crippen LogP contribution in [0.4, 0.5) is 0 Å². The molecule has 1 aromatic carbocycles. The maximum absolute atomic E-state index is 5.85. The van der Waals surface area contributed by atoms with Crippen molar-refractivity contribution in [3.05, 3.63) is 24.3 Å². The van der Waals surface area contributed by atoms with E-state index in [9.17, 15) is 0 Å². The Kier molecular flexibility index (Phi) is 3.67. The summed E-state index contributed by atoms with van der Waals surface area (Å²) in [5.41, 5.74) is 0. The number of hydrogen-bond donors (Lipinski definition) is 0. The van der Waals surface area contributed by atoms with Gasteiger partial charge in [0.05, 0.1) is 0 Å². The van der Waals surface area contributed by atoms with Gasteiger partial charge in [0.25, 0.3) is 0 Å². The van der Waals surface area contributed by atoms with E-state index in [2.05, 4.69) is 24.9 Å². The zero-order valence-corrected chi connectivity index (χ0v) is 9.90. The van der Waals surface area contributed by atoms with E-state index in [1.54, 1.807) is 0 Å². The van der Waals surface area contributed by atoms with E-state index < -0.39 is 0 Å². The third-order valence-electron chi connectivity index (χ3n) is 2.63. The van der Waals surface area contributed by atoms with Crippen molar-refractivity contribution in [2.24, 2.45) is 0 Å². The maximum atomic E-state index is 5.85. The van der Waals surface area contributed by atoms with Crippen LogP contribution < -0.4 is 9.47 Å². The Bertz CT molecular complexity index is 340. The molecule has 0 aliphatic carbocycles. The molecule has 1 atom stereocenters. The first kappa shape index (κ1) is 11.3. The van der Waals surface area contributed by atoms with Gasteiger partial charge in [-0.15, -0.1) is 0 Å². The number of nitrogens with zero attached hydrogens (tertiary/aromatic N) is 1. The molecule has 0 saturated carbocycles. The Labute approximate surface area is 97.0 Å². The van der Waals surface area contributed by atoms with Gasteiger partial charge in [0.2, 0.25) is 0 Å². The first-order valence-corrected chi connectivity index (χ1v) is 5.77. The van der Waals surface area contributed by atoms with Gasteiger partial charge in [0.1, 0.15) is 12.7 Å². The zero-order valence-electron chi connectivity index (χ0n) is 9.90. The van der Waals surface area contributed by atoms with Crippen LogP contribution in [0.15, 0.2) is 18.2 Å². The number of hydrogen-bond acceptors (Lipinski definition) is 3. The zero-order chi connectivity index (χ0) is 11.4. The number of ether oxygens (including phenoxy) is 2. The summed E-state index contributed by atoms with van der Waals surface area (Å²) >= 11 is 0. The summed E-state index contributed by atoms with van der Waals surface area (Å²) in [6.45, 7) is 4.81. The molecule has 16 heavy (non-hydrogen) atoms. The number of fused-ring (bicyclic) bond motifs is 1. The highest BCUT2D eigenvalue weighted by molar-refractivity contribution is 5.40. The molecule has 1 unspecified atom stereocenters. The summed E-state index contributed by atoms with van der Waals surface area (Å²) in [5.74, 6) is 1.64. The van der Waals surface area contributed by atoms with Gasteiger partial charge in [-0.25, -0.2) is 0 Å². The molecule has 1 radical (unpaired) electrons. The van der Waals surface area contributed by atoms with E-state index in [1.807, 2.05) is 18.2 Å². The molecule has 0 amide bonds. The van der Waals surface area contributed by atoms with Crippen LogP contribution in [0.2, 0.25) is 0 Å². The van der Waals surface area contributed by atoms with Crippen LogP contribution in [0, 0.1) is 6.07 Å². The lowest BCUT2D eigenvalue weighted by molar-refractivity contribution is 0.0655. The highest BCUT2D eigenvalue weighted by Gasteiger charge is 2.21. The molecule has 1 aliphatic rings. The average Bonchev–Trinajstić information content (AvgIpc) is 2.29. The van der Waals surface area contributed by atoms with Crippen LogP contribution >= 0.6 is 0 Å². The van der Waals surface area contributed by atoms with Crippen molar-refractivity contribution in [1.29, 1.82) is 0 Å². The summed E-state index contributed by atoms with van der Waals surface area (Å²) in [4.78, 5) is 2.27. The second kappa shape index (κ2) is 5.21. The van der Waals surface area contributed by atoms with E-state index in [4.69, 9.17) is 9.47 Å². The number of benzene rings is 1. The summed E-state index contributed by atoms with van der Waals surface area (Å²) in [6.07, 6.45) is 1.29. The van der Waals surface area contributed by atoms with Gasteiger partial charge in [0, 0.05) is 6.54 Å². The molecule has 0 aromatic heterocycles. The molecule has 87 valence electrons. The molecule has 0 spiro atoms. The maximum Gasteiger partial charge on any atom is 0.162 e. The van der Waals surface area contributed by atoms with Crippen molar-refractivity contribution in [2.75, 3.05) is 26.7 Å². The Morgan fingerprint density at radius 1 is 1.50 bits per heavy atom. The van der Waals surface area contributed by atoms with Crippen molar-refractivity contribution in [1.82, 2.24) is 4.90 Å². The summed E-state index contributed by atoms with van der Waals surface area (Å²) < 4.78 is 11.5. The standard InChI is InChI=1S/C13H18NO2/c1-3-8-14(2)9-11-10-15-12-6-4-5-7-13(12)16-11/h4,6-7,11H,3,8-10H2,1-2H3. The predicted octanol–water partition coefficient (Wildman–Crippen LogP) is 1.97. The fourth-order valence-electron chi connectivity index (χ4n) is 1.92. The Hall–Kier alpha value is -1.22. The van der Waals surface area contributed by atoms with Crippen molar-refractivity contribution in [2.45, 2.75) is 19.4 Å². The summed E-state index contributed by atoms with van der Waals surface area (Å²) in [7, 11) is 2.11. The average molecular weight is 220 g/mol. The lowest BCUT2D eigenvalue weighted by Crippen LogP contribution is -2.39. The fourth-order valence-corrected chi connectivity index (χ4v) is 1.92. The van der Waals surface area contributed by atoms with Gasteiger partial charge < -0.3 is 14.4 Å². The van der Waals surface area contributed by atoms with E-state index in [1.165, 1.54) is 0 Å². The molecule has 0 bridgehead atoms. The second-order valence-electron chi connectivity index (χ2n) is 4.19. The molecule has 1 aliphatic heterocycles. The number of likely N-dealkylation sites (N-methyl/N-ethyl adjacent to an activating group) is 1. The van der Waals surface area contributed by atoms with E-state index in [0.29, 0.717) is 6.61 Å². The molecule has 1 aromatic rings. The van der Waals surface area contributed by atoms with Crippen LogP contribution in [0.5, 0.6) is 11.5 Å². The third kappa shape index (κ3) is 2.67. The molecular formula is C13H18NO2. The Morgan fingerprint density at radius 3 is 3.19 bits per heavy atom. The smallest absolute Gasteiger partial charge is 0.162 e. The Balaban J connectivity index is 1.92. The monoisotopic (exact) mass is 220 g/mol. The van der Waals surface area contributed by atoms with Crippen LogP contribution in [-0.2, 0) is 0 Å².